The lowest BCUT2D eigenvalue weighted by Crippen LogP contribution is -2.14. The fourth-order valence-electron chi connectivity index (χ4n) is 2.02. The summed E-state index contributed by atoms with van der Waals surface area (Å²) < 4.78 is 0. The van der Waals surface area contributed by atoms with Crippen molar-refractivity contribution >= 4 is 17.5 Å². The maximum absolute atomic E-state index is 11.1. The molecular weight excluding hydrogens is 248 g/mol. The van der Waals surface area contributed by atoms with Crippen LogP contribution in [-0.4, -0.2) is 27.3 Å². The topological polar surface area (TPSA) is 94.8 Å². The van der Waals surface area contributed by atoms with Gasteiger partial charge in [0.05, 0.1) is 0 Å². The fourth-order valence-corrected chi connectivity index (χ4v) is 2.02. The highest BCUT2D eigenvalue weighted by molar-refractivity contribution is 6.18. The summed E-state index contributed by atoms with van der Waals surface area (Å²) in [6.45, 7) is 3.56. The quantitative estimate of drug-likeness (QED) is 0.431. The standard InChI is InChI=1S/C14H16O5/c1-3-8-7-9(15)5-6-11(8)10(4-2)12(13(16)17)14(18)19/h5-7,15H,3-4H2,1-2H3,(H,16,17)(H,18,19). The lowest BCUT2D eigenvalue weighted by atomic mass is 9.92. The highest BCUT2D eigenvalue weighted by Crippen LogP contribution is 2.29. The maximum atomic E-state index is 11.1. The lowest BCUT2D eigenvalue weighted by Gasteiger charge is -2.13. The molecule has 3 N–H and O–H groups in total. The van der Waals surface area contributed by atoms with Crippen molar-refractivity contribution in [3.8, 4) is 5.75 Å². The Hall–Kier alpha value is -2.30. The summed E-state index contributed by atoms with van der Waals surface area (Å²) in [6, 6.07) is 4.50. The Labute approximate surface area is 110 Å². The van der Waals surface area contributed by atoms with E-state index in [1.165, 1.54) is 12.1 Å². The number of allylic oxidation sites excluding steroid dienone is 1. The third-order valence-corrected chi connectivity index (χ3v) is 2.88. The molecule has 102 valence electrons. The molecule has 0 saturated heterocycles. The van der Waals surface area contributed by atoms with Crippen LogP contribution in [0.25, 0.3) is 5.57 Å². The zero-order valence-corrected chi connectivity index (χ0v) is 10.8. The van der Waals surface area contributed by atoms with E-state index in [4.69, 9.17) is 10.2 Å². The Morgan fingerprint density at radius 2 is 1.68 bits per heavy atom. The highest BCUT2D eigenvalue weighted by atomic mass is 16.4. The van der Waals surface area contributed by atoms with E-state index in [0.29, 0.717) is 12.0 Å². The lowest BCUT2D eigenvalue weighted by molar-refractivity contribution is -0.140. The van der Waals surface area contributed by atoms with Crippen LogP contribution >= 0.6 is 0 Å². The number of carboxylic acids is 2. The van der Waals surface area contributed by atoms with Gasteiger partial charge in [-0.1, -0.05) is 19.9 Å². The van der Waals surface area contributed by atoms with Crippen molar-refractivity contribution in [2.24, 2.45) is 0 Å². The zero-order chi connectivity index (χ0) is 14.6. The molecule has 0 amide bonds. The molecule has 0 spiro atoms. The zero-order valence-electron chi connectivity index (χ0n) is 10.8. The first-order chi connectivity index (χ1) is 8.92. The first kappa shape index (κ1) is 14.8. The van der Waals surface area contributed by atoms with E-state index in [1.54, 1.807) is 13.0 Å². The molecule has 0 aliphatic rings. The Morgan fingerprint density at radius 1 is 1.11 bits per heavy atom. The molecule has 0 bridgehead atoms. The van der Waals surface area contributed by atoms with E-state index in [-0.39, 0.29) is 17.7 Å². The predicted molar refractivity (Wildman–Crippen MR) is 70.0 cm³/mol. The number of hydrogen-bond acceptors (Lipinski definition) is 3. The van der Waals surface area contributed by atoms with Crippen LogP contribution in [0.15, 0.2) is 23.8 Å². The smallest absolute Gasteiger partial charge is 0.343 e. The summed E-state index contributed by atoms with van der Waals surface area (Å²) in [5.41, 5.74) is 0.916. The van der Waals surface area contributed by atoms with Crippen molar-refractivity contribution in [1.29, 1.82) is 0 Å². The number of carboxylic acid groups (broad SMARTS) is 2. The van der Waals surface area contributed by atoms with Gasteiger partial charge in [-0.25, -0.2) is 9.59 Å². The summed E-state index contributed by atoms with van der Waals surface area (Å²) in [5.74, 6) is -2.85. The predicted octanol–water partition coefficient (Wildman–Crippen LogP) is 2.29. The van der Waals surface area contributed by atoms with Crippen LogP contribution in [0.4, 0.5) is 0 Å². The third kappa shape index (κ3) is 3.13. The molecule has 0 fully saturated rings. The monoisotopic (exact) mass is 264 g/mol. The minimum Gasteiger partial charge on any atom is -0.508 e. The first-order valence-electron chi connectivity index (χ1n) is 5.94. The molecule has 5 nitrogen and oxygen atoms in total. The molecule has 0 aliphatic carbocycles. The summed E-state index contributed by atoms with van der Waals surface area (Å²) in [5, 5.41) is 27.5. The van der Waals surface area contributed by atoms with Crippen LogP contribution in [-0.2, 0) is 16.0 Å². The highest BCUT2D eigenvalue weighted by Gasteiger charge is 2.23. The van der Waals surface area contributed by atoms with Gasteiger partial charge in [0, 0.05) is 0 Å². The molecule has 0 aliphatic heterocycles. The molecule has 0 unspecified atom stereocenters. The van der Waals surface area contributed by atoms with E-state index < -0.39 is 17.5 Å². The van der Waals surface area contributed by atoms with Gasteiger partial charge in [-0.2, -0.15) is 0 Å². The minimum absolute atomic E-state index is 0.0725. The number of rotatable bonds is 5. The van der Waals surface area contributed by atoms with Gasteiger partial charge in [-0.15, -0.1) is 0 Å². The van der Waals surface area contributed by atoms with Crippen molar-refractivity contribution in [2.45, 2.75) is 26.7 Å². The van der Waals surface area contributed by atoms with Crippen LogP contribution in [0, 0.1) is 0 Å². The minimum atomic E-state index is -1.46. The van der Waals surface area contributed by atoms with Gasteiger partial charge in [0.2, 0.25) is 0 Å². The molecule has 0 heterocycles. The molecular formula is C14H16O5. The Balaban J connectivity index is 3.58. The number of aryl methyl sites for hydroxylation is 1. The summed E-state index contributed by atoms with van der Waals surface area (Å²) >= 11 is 0. The molecule has 1 aromatic rings. The van der Waals surface area contributed by atoms with Gasteiger partial charge in [0.25, 0.3) is 0 Å². The van der Waals surface area contributed by atoms with Crippen LogP contribution in [0.5, 0.6) is 5.75 Å². The van der Waals surface area contributed by atoms with Crippen LogP contribution in [0.2, 0.25) is 0 Å². The van der Waals surface area contributed by atoms with Gasteiger partial charge >= 0.3 is 11.9 Å². The number of aromatic hydroxyl groups is 1. The summed E-state index contributed by atoms with van der Waals surface area (Å²) in [4.78, 5) is 22.2. The Morgan fingerprint density at radius 3 is 2.11 bits per heavy atom. The van der Waals surface area contributed by atoms with Gasteiger partial charge in [0.1, 0.15) is 11.3 Å². The molecule has 5 heteroatoms. The van der Waals surface area contributed by atoms with Crippen molar-refractivity contribution in [2.75, 3.05) is 0 Å². The van der Waals surface area contributed by atoms with Crippen LogP contribution < -0.4 is 0 Å². The SMILES string of the molecule is CCC(=C(C(=O)O)C(=O)O)c1ccc(O)cc1CC. The maximum Gasteiger partial charge on any atom is 0.343 e. The van der Waals surface area contributed by atoms with Gasteiger partial charge in [-0.05, 0) is 41.7 Å². The number of carbonyl (C=O) groups is 2. The number of hydrogen-bond donors (Lipinski definition) is 3. The molecule has 0 atom stereocenters. The second kappa shape index (κ2) is 6.04. The summed E-state index contributed by atoms with van der Waals surface area (Å²) in [6.07, 6.45) is 0.853. The molecule has 0 saturated carbocycles. The average Bonchev–Trinajstić information content (AvgIpc) is 2.34. The van der Waals surface area contributed by atoms with E-state index in [1.807, 2.05) is 6.92 Å². The number of aliphatic carboxylic acids is 2. The van der Waals surface area contributed by atoms with Crippen molar-refractivity contribution in [3.05, 3.63) is 34.9 Å². The second-order valence-electron chi connectivity index (χ2n) is 4.01. The van der Waals surface area contributed by atoms with Crippen LogP contribution in [0.3, 0.4) is 0 Å². The average molecular weight is 264 g/mol. The van der Waals surface area contributed by atoms with Crippen molar-refractivity contribution < 1.29 is 24.9 Å². The van der Waals surface area contributed by atoms with Crippen molar-refractivity contribution in [1.82, 2.24) is 0 Å². The van der Waals surface area contributed by atoms with Gasteiger partial charge in [-0.3, -0.25) is 0 Å². The van der Waals surface area contributed by atoms with E-state index in [9.17, 15) is 14.7 Å². The molecule has 19 heavy (non-hydrogen) atoms. The Bertz CT molecular complexity index is 527. The van der Waals surface area contributed by atoms with Crippen LogP contribution in [0.1, 0.15) is 31.4 Å². The third-order valence-electron chi connectivity index (χ3n) is 2.88. The van der Waals surface area contributed by atoms with E-state index in [0.717, 1.165) is 5.56 Å². The largest absolute Gasteiger partial charge is 0.508 e. The Kier molecular flexibility index (Phi) is 4.69. The van der Waals surface area contributed by atoms with Gasteiger partial charge in [0.15, 0.2) is 0 Å². The van der Waals surface area contributed by atoms with Gasteiger partial charge < -0.3 is 15.3 Å². The number of benzene rings is 1. The van der Waals surface area contributed by atoms with E-state index >= 15 is 0 Å². The number of phenols is 1. The summed E-state index contributed by atoms with van der Waals surface area (Å²) in [7, 11) is 0. The van der Waals surface area contributed by atoms with Crippen molar-refractivity contribution in [3.63, 3.8) is 0 Å². The molecule has 1 rings (SSSR count). The molecule has 0 radical (unpaired) electrons. The normalized spacial score (nSPS) is 10.0. The van der Waals surface area contributed by atoms with E-state index in [2.05, 4.69) is 0 Å². The molecule has 0 aromatic heterocycles. The fraction of sp³-hybridized carbons (Fsp3) is 0.286. The second-order valence-corrected chi connectivity index (χ2v) is 4.01. The first-order valence-corrected chi connectivity index (χ1v) is 5.94. The number of phenolic OH excluding ortho intramolecular Hbond substituents is 1. The molecule has 1 aromatic carbocycles.